The van der Waals surface area contributed by atoms with Gasteiger partial charge in [0, 0.05) is 11.0 Å². The number of alkyl halides is 3. The highest BCUT2D eigenvalue weighted by atomic mass is 79.9. The average Bonchev–Trinajstić information content (AvgIpc) is 2.56. The Morgan fingerprint density at radius 3 is 2.50 bits per heavy atom. The number of carbonyl (C=O) groups excluding carboxylic acids is 1. The van der Waals surface area contributed by atoms with E-state index in [0.717, 1.165) is 16.1 Å². The summed E-state index contributed by atoms with van der Waals surface area (Å²) in [5.74, 6) is -0.290. The van der Waals surface area contributed by atoms with Gasteiger partial charge in [-0.15, -0.1) is 0 Å². The van der Waals surface area contributed by atoms with Gasteiger partial charge in [-0.3, -0.25) is 9.69 Å². The number of anilines is 1. The van der Waals surface area contributed by atoms with Crippen LogP contribution in [0.25, 0.3) is 0 Å². The molecule has 140 valence electrons. The van der Waals surface area contributed by atoms with Gasteiger partial charge in [0.1, 0.15) is 0 Å². The predicted molar refractivity (Wildman–Crippen MR) is 99.9 cm³/mol. The molecule has 0 aliphatic carbocycles. The Hall–Kier alpha value is -1.86. The Labute approximate surface area is 159 Å². The van der Waals surface area contributed by atoms with E-state index in [1.807, 2.05) is 19.1 Å². The molecule has 1 atom stereocenters. The van der Waals surface area contributed by atoms with E-state index in [-0.39, 0.29) is 18.0 Å². The van der Waals surface area contributed by atoms with Crippen LogP contribution in [0.2, 0.25) is 0 Å². The van der Waals surface area contributed by atoms with E-state index in [1.165, 1.54) is 12.1 Å². The first kappa shape index (κ1) is 20.5. The maximum Gasteiger partial charge on any atom is 0.416 e. The monoisotopic (exact) mass is 428 g/mol. The molecule has 0 saturated heterocycles. The van der Waals surface area contributed by atoms with Crippen molar-refractivity contribution in [1.29, 1.82) is 0 Å². The summed E-state index contributed by atoms with van der Waals surface area (Å²) < 4.78 is 40.1. The van der Waals surface area contributed by atoms with Crippen LogP contribution in [0.1, 0.15) is 23.6 Å². The molecule has 0 aromatic heterocycles. The topological polar surface area (TPSA) is 32.3 Å². The molecule has 0 aliphatic rings. The number of nitrogens with zero attached hydrogens (tertiary/aromatic N) is 1. The quantitative estimate of drug-likeness (QED) is 0.706. The molecule has 0 fully saturated rings. The van der Waals surface area contributed by atoms with Gasteiger partial charge < -0.3 is 5.32 Å². The van der Waals surface area contributed by atoms with E-state index < -0.39 is 17.8 Å². The molecule has 1 unspecified atom stereocenters. The van der Waals surface area contributed by atoms with Gasteiger partial charge in [0.25, 0.3) is 0 Å². The minimum absolute atomic E-state index is 0.0132. The number of hydrogen-bond acceptors (Lipinski definition) is 2. The molecule has 2 rings (SSSR count). The van der Waals surface area contributed by atoms with Gasteiger partial charge in [-0.25, -0.2) is 0 Å². The van der Waals surface area contributed by atoms with Crippen molar-refractivity contribution in [1.82, 2.24) is 4.90 Å². The highest BCUT2D eigenvalue weighted by Gasteiger charge is 2.33. The highest BCUT2D eigenvalue weighted by molar-refractivity contribution is 9.10. The van der Waals surface area contributed by atoms with Gasteiger partial charge in [0.2, 0.25) is 5.91 Å². The van der Waals surface area contributed by atoms with Crippen molar-refractivity contribution in [3.05, 3.63) is 63.6 Å². The van der Waals surface area contributed by atoms with Gasteiger partial charge in [-0.2, -0.15) is 13.2 Å². The SMILES string of the molecule is Cc1ccc(NC(=O)C(C)N(C)Cc2ccccc2C(F)(F)F)c(Br)c1. The minimum atomic E-state index is -4.42. The molecular formula is C19H20BrF3N2O. The van der Waals surface area contributed by atoms with Gasteiger partial charge in [-0.1, -0.05) is 24.3 Å². The van der Waals surface area contributed by atoms with E-state index in [2.05, 4.69) is 21.2 Å². The lowest BCUT2D eigenvalue weighted by molar-refractivity contribution is -0.138. The summed E-state index contributed by atoms with van der Waals surface area (Å²) in [6, 6.07) is 10.3. The van der Waals surface area contributed by atoms with Gasteiger partial charge in [0.05, 0.1) is 17.3 Å². The molecule has 0 heterocycles. The van der Waals surface area contributed by atoms with E-state index in [4.69, 9.17) is 0 Å². The number of nitrogens with one attached hydrogen (secondary N) is 1. The maximum absolute atomic E-state index is 13.1. The molecule has 26 heavy (non-hydrogen) atoms. The first-order valence-corrected chi connectivity index (χ1v) is 8.81. The highest BCUT2D eigenvalue weighted by Crippen LogP contribution is 2.32. The molecule has 3 nitrogen and oxygen atoms in total. The van der Waals surface area contributed by atoms with Crippen molar-refractivity contribution in [3.8, 4) is 0 Å². The van der Waals surface area contributed by atoms with Crippen molar-refractivity contribution in [3.63, 3.8) is 0 Å². The van der Waals surface area contributed by atoms with Crippen molar-refractivity contribution in [2.24, 2.45) is 0 Å². The van der Waals surface area contributed by atoms with Crippen LogP contribution >= 0.6 is 15.9 Å². The number of benzene rings is 2. The minimum Gasteiger partial charge on any atom is -0.324 e. The Balaban J connectivity index is 2.10. The first-order valence-electron chi connectivity index (χ1n) is 8.02. The summed E-state index contributed by atoms with van der Waals surface area (Å²) in [5, 5.41) is 2.80. The molecule has 2 aromatic carbocycles. The Morgan fingerprint density at radius 2 is 1.88 bits per heavy atom. The van der Waals surface area contributed by atoms with Crippen LogP contribution in [-0.4, -0.2) is 23.9 Å². The number of aryl methyl sites for hydroxylation is 1. The first-order chi connectivity index (χ1) is 12.1. The van der Waals surface area contributed by atoms with Crippen molar-refractivity contribution in [2.75, 3.05) is 12.4 Å². The predicted octanol–water partition coefficient (Wildman–Crippen LogP) is 5.24. The van der Waals surface area contributed by atoms with E-state index in [1.54, 1.807) is 31.0 Å². The summed E-state index contributed by atoms with van der Waals surface area (Å²) in [6.07, 6.45) is -4.42. The zero-order valence-electron chi connectivity index (χ0n) is 14.7. The van der Waals surface area contributed by atoms with E-state index >= 15 is 0 Å². The molecule has 1 N–H and O–H groups in total. The van der Waals surface area contributed by atoms with Crippen LogP contribution in [0.5, 0.6) is 0 Å². The maximum atomic E-state index is 13.1. The fraction of sp³-hybridized carbons (Fsp3) is 0.316. The van der Waals surface area contributed by atoms with Crippen LogP contribution < -0.4 is 5.32 Å². The molecule has 0 saturated carbocycles. The smallest absolute Gasteiger partial charge is 0.324 e. The molecular weight excluding hydrogens is 409 g/mol. The zero-order chi connectivity index (χ0) is 19.5. The summed E-state index contributed by atoms with van der Waals surface area (Å²) >= 11 is 3.39. The molecule has 0 radical (unpaired) electrons. The summed E-state index contributed by atoms with van der Waals surface area (Å²) in [5.41, 5.74) is 1.12. The third kappa shape index (κ3) is 5.08. The molecule has 0 spiro atoms. The van der Waals surface area contributed by atoms with Gasteiger partial charge in [-0.05, 0) is 66.2 Å². The Kier molecular flexibility index (Phi) is 6.47. The summed E-state index contributed by atoms with van der Waals surface area (Å²) in [4.78, 5) is 14.1. The molecule has 1 amide bonds. The van der Waals surface area contributed by atoms with Crippen LogP contribution in [0.3, 0.4) is 0 Å². The zero-order valence-corrected chi connectivity index (χ0v) is 16.3. The number of hydrogen-bond donors (Lipinski definition) is 1. The van der Waals surface area contributed by atoms with E-state index in [9.17, 15) is 18.0 Å². The lowest BCUT2D eigenvalue weighted by atomic mass is 10.1. The van der Waals surface area contributed by atoms with Crippen molar-refractivity contribution in [2.45, 2.75) is 32.6 Å². The number of likely N-dealkylation sites (N-methyl/N-ethyl adjacent to an activating group) is 1. The number of halogens is 4. The molecule has 2 aromatic rings. The third-order valence-electron chi connectivity index (χ3n) is 4.17. The fourth-order valence-electron chi connectivity index (χ4n) is 2.50. The van der Waals surface area contributed by atoms with Crippen LogP contribution in [0.4, 0.5) is 18.9 Å². The van der Waals surface area contributed by atoms with Crippen molar-refractivity contribution >= 4 is 27.5 Å². The fourth-order valence-corrected chi connectivity index (χ4v) is 3.09. The average molecular weight is 429 g/mol. The Morgan fingerprint density at radius 1 is 1.23 bits per heavy atom. The lowest BCUT2D eigenvalue weighted by Gasteiger charge is -2.25. The largest absolute Gasteiger partial charge is 0.416 e. The van der Waals surface area contributed by atoms with Gasteiger partial charge >= 0.3 is 6.18 Å². The Bertz CT molecular complexity index is 793. The molecule has 0 bridgehead atoms. The summed E-state index contributed by atoms with van der Waals surface area (Å²) in [6.45, 7) is 3.61. The van der Waals surface area contributed by atoms with Crippen LogP contribution in [0, 0.1) is 6.92 Å². The number of rotatable bonds is 5. The number of amides is 1. The lowest BCUT2D eigenvalue weighted by Crippen LogP contribution is -2.39. The van der Waals surface area contributed by atoms with Crippen LogP contribution in [-0.2, 0) is 17.5 Å². The standard InChI is InChI=1S/C19H20BrF3N2O/c1-12-8-9-17(16(20)10-12)24-18(26)13(2)25(3)11-14-6-4-5-7-15(14)19(21,22)23/h4-10,13H,11H2,1-3H3,(H,24,26). The van der Waals surface area contributed by atoms with Crippen molar-refractivity contribution < 1.29 is 18.0 Å². The second-order valence-corrected chi connectivity index (χ2v) is 7.07. The van der Waals surface area contributed by atoms with Crippen LogP contribution in [0.15, 0.2) is 46.9 Å². The number of carbonyl (C=O) groups is 1. The molecule has 7 heteroatoms. The summed E-state index contributed by atoms with van der Waals surface area (Å²) in [7, 11) is 1.63. The molecule has 0 aliphatic heterocycles. The third-order valence-corrected chi connectivity index (χ3v) is 4.82. The normalized spacial score (nSPS) is 12.9. The van der Waals surface area contributed by atoms with E-state index in [0.29, 0.717) is 5.69 Å². The second kappa shape index (κ2) is 8.22. The van der Waals surface area contributed by atoms with Gasteiger partial charge in [0.15, 0.2) is 0 Å². The second-order valence-electron chi connectivity index (χ2n) is 6.22.